The van der Waals surface area contributed by atoms with Crippen molar-refractivity contribution in [2.24, 2.45) is 0 Å². The number of unbranched alkanes of at least 4 members (excludes halogenated alkanes) is 3. The lowest BCUT2D eigenvalue weighted by Crippen LogP contribution is -2.38. The van der Waals surface area contributed by atoms with E-state index in [9.17, 15) is 4.79 Å². The molecule has 0 aromatic carbocycles. The number of ether oxygens (including phenoxy) is 4. The van der Waals surface area contributed by atoms with E-state index in [4.69, 9.17) is 24.1 Å². The summed E-state index contributed by atoms with van der Waals surface area (Å²) in [4.78, 5) is 12.0. The number of hydrogen-bond acceptors (Lipinski definition) is 6. The Morgan fingerprint density at radius 3 is 2.40 bits per heavy atom. The SMILES string of the molecule is C[C@@H](NC(=O)OC(C)(C)C)C1=CCCC(OCCCCCCOCCOCCO)=C1. The zero-order chi connectivity index (χ0) is 22.2. The minimum atomic E-state index is -0.504. The Hall–Kier alpha value is -1.57. The highest BCUT2D eigenvalue weighted by Gasteiger charge is 2.20. The van der Waals surface area contributed by atoms with E-state index < -0.39 is 11.7 Å². The van der Waals surface area contributed by atoms with Gasteiger partial charge in [-0.25, -0.2) is 4.79 Å². The quantitative estimate of drug-likeness (QED) is 0.383. The summed E-state index contributed by atoms with van der Waals surface area (Å²) >= 11 is 0. The fraction of sp³-hybridized carbons (Fsp3) is 0.783. The van der Waals surface area contributed by atoms with Gasteiger partial charge < -0.3 is 29.4 Å². The third-order valence-electron chi connectivity index (χ3n) is 4.41. The third kappa shape index (κ3) is 13.6. The number of aliphatic hydroxyl groups excluding tert-OH is 1. The minimum absolute atomic E-state index is 0.0541. The van der Waals surface area contributed by atoms with Gasteiger partial charge in [0.15, 0.2) is 0 Å². The Morgan fingerprint density at radius 2 is 1.73 bits per heavy atom. The highest BCUT2D eigenvalue weighted by molar-refractivity contribution is 5.68. The molecule has 1 rings (SSSR count). The number of allylic oxidation sites excluding steroid dienone is 2. The summed E-state index contributed by atoms with van der Waals surface area (Å²) in [5.41, 5.74) is 0.553. The van der Waals surface area contributed by atoms with Gasteiger partial charge in [-0.05, 0) is 65.0 Å². The number of carbonyl (C=O) groups excluding carboxylic acids is 1. The molecule has 7 nitrogen and oxygen atoms in total. The summed E-state index contributed by atoms with van der Waals surface area (Å²) in [6, 6.07) is -0.118. The first-order valence-corrected chi connectivity index (χ1v) is 11.1. The molecule has 30 heavy (non-hydrogen) atoms. The molecule has 0 radical (unpaired) electrons. The van der Waals surface area contributed by atoms with Crippen LogP contribution in [0.1, 0.15) is 66.2 Å². The molecule has 0 aromatic heterocycles. The van der Waals surface area contributed by atoms with Crippen molar-refractivity contribution in [3.05, 3.63) is 23.5 Å². The molecule has 1 aliphatic rings. The molecular weight excluding hydrogens is 386 g/mol. The Balaban J connectivity index is 2.13. The van der Waals surface area contributed by atoms with Crippen molar-refractivity contribution in [2.75, 3.05) is 39.6 Å². The topological polar surface area (TPSA) is 86.3 Å². The normalized spacial score (nSPS) is 15.2. The highest BCUT2D eigenvalue weighted by Crippen LogP contribution is 2.21. The van der Waals surface area contributed by atoms with E-state index in [2.05, 4.69) is 11.4 Å². The lowest BCUT2D eigenvalue weighted by atomic mass is 10.00. The summed E-state index contributed by atoms with van der Waals surface area (Å²) in [7, 11) is 0. The molecule has 0 bridgehead atoms. The van der Waals surface area contributed by atoms with Crippen LogP contribution in [0.3, 0.4) is 0 Å². The molecule has 7 heteroatoms. The second kappa shape index (κ2) is 15.3. The van der Waals surface area contributed by atoms with Gasteiger partial charge in [-0.1, -0.05) is 12.5 Å². The van der Waals surface area contributed by atoms with Crippen LogP contribution in [-0.4, -0.2) is 62.5 Å². The molecule has 0 aliphatic heterocycles. The predicted molar refractivity (Wildman–Crippen MR) is 117 cm³/mol. The van der Waals surface area contributed by atoms with Crippen molar-refractivity contribution in [3.63, 3.8) is 0 Å². The summed E-state index contributed by atoms with van der Waals surface area (Å²) in [6.07, 6.45) is 9.86. The highest BCUT2D eigenvalue weighted by atomic mass is 16.6. The fourth-order valence-electron chi connectivity index (χ4n) is 2.93. The van der Waals surface area contributed by atoms with E-state index in [1.165, 1.54) is 0 Å². The Morgan fingerprint density at radius 1 is 1.07 bits per heavy atom. The average Bonchev–Trinajstić information content (AvgIpc) is 2.67. The summed E-state index contributed by atoms with van der Waals surface area (Å²) in [6.45, 7) is 10.5. The van der Waals surface area contributed by atoms with Crippen molar-refractivity contribution >= 4 is 6.09 Å². The van der Waals surface area contributed by atoms with Crippen molar-refractivity contribution in [3.8, 4) is 0 Å². The molecule has 2 N–H and O–H groups in total. The van der Waals surface area contributed by atoms with Crippen LogP contribution in [0, 0.1) is 0 Å². The van der Waals surface area contributed by atoms with Crippen molar-refractivity contribution in [2.45, 2.75) is 77.9 Å². The van der Waals surface area contributed by atoms with Crippen LogP contribution in [0.15, 0.2) is 23.5 Å². The van der Waals surface area contributed by atoms with Gasteiger partial charge in [-0.2, -0.15) is 0 Å². The van der Waals surface area contributed by atoms with E-state index in [1.54, 1.807) is 0 Å². The minimum Gasteiger partial charge on any atom is -0.498 e. The molecule has 0 heterocycles. The third-order valence-corrected chi connectivity index (χ3v) is 4.41. The molecule has 0 fully saturated rings. The van der Waals surface area contributed by atoms with Gasteiger partial charge in [0, 0.05) is 13.0 Å². The summed E-state index contributed by atoms with van der Waals surface area (Å²) in [5.74, 6) is 0.983. The first-order valence-electron chi connectivity index (χ1n) is 11.1. The maximum Gasteiger partial charge on any atom is 0.408 e. The average molecular weight is 428 g/mol. The second-order valence-electron chi connectivity index (χ2n) is 8.43. The smallest absolute Gasteiger partial charge is 0.408 e. The van der Waals surface area contributed by atoms with E-state index in [1.807, 2.05) is 33.8 Å². The lowest BCUT2D eigenvalue weighted by Gasteiger charge is -2.24. The van der Waals surface area contributed by atoms with Crippen LogP contribution in [0.4, 0.5) is 4.79 Å². The van der Waals surface area contributed by atoms with Gasteiger partial charge >= 0.3 is 6.09 Å². The van der Waals surface area contributed by atoms with Crippen LogP contribution >= 0.6 is 0 Å². The molecule has 0 spiro atoms. The zero-order valence-corrected chi connectivity index (χ0v) is 19.2. The van der Waals surface area contributed by atoms with Gasteiger partial charge in [0.1, 0.15) is 5.60 Å². The first-order chi connectivity index (χ1) is 14.3. The maximum absolute atomic E-state index is 12.0. The number of alkyl carbamates (subject to hydrolysis) is 1. The molecular formula is C23H41NO6. The maximum atomic E-state index is 12.0. The van der Waals surface area contributed by atoms with Gasteiger partial charge in [0.2, 0.25) is 0 Å². The van der Waals surface area contributed by atoms with E-state index in [0.717, 1.165) is 56.5 Å². The summed E-state index contributed by atoms with van der Waals surface area (Å²) in [5, 5.41) is 11.5. The molecule has 0 unspecified atom stereocenters. The van der Waals surface area contributed by atoms with Crippen LogP contribution < -0.4 is 5.32 Å². The molecule has 1 atom stereocenters. The second-order valence-corrected chi connectivity index (χ2v) is 8.43. The largest absolute Gasteiger partial charge is 0.498 e. The monoisotopic (exact) mass is 427 g/mol. The first kappa shape index (κ1) is 26.5. The molecule has 0 saturated heterocycles. The van der Waals surface area contributed by atoms with E-state index >= 15 is 0 Å². The Labute approximate surface area is 181 Å². The number of aliphatic hydroxyl groups is 1. The molecule has 174 valence electrons. The van der Waals surface area contributed by atoms with Crippen LogP contribution in [0.5, 0.6) is 0 Å². The van der Waals surface area contributed by atoms with Crippen LogP contribution in [0.2, 0.25) is 0 Å². The number of rotatable bonds is 15. The van der Waals surface area contributed by atoms with Crippen LogP contribution in [-0.2, 0) is 18.9 Å². The van der Waals surface area contributed by atoms with Gasteiger partial charge in [-0.15, -0.1) is 0 Å². The van der Waals surface area contributed by atoms with Gasteiger partial charge in [0.25, 0.3) is 0 Å². The van der Waals surface area contributed by atoms with E-state index in [0.29, 0.717) is 26.4 Å². The summed E-state index contributed by atoms with van der Waals surface area (Å²) < 4.78 is 21.9. The lowest BCUT2D eigenvalue weighted by molar-refractivity contribution is 0.0320. The molecule has 0 saturated carbocycles. The number of hydrogen-bond donors (Lipinski definition) is 2. The standard InChI is InChI=1S/C23H41NO6/c1-19(24-22(26)30-23(2,3)4)20-10-9-11-21(18-20)29-14-8-6-5-7-13-27-16-17-28-15-12-25/h10,18-19,25H,5-9,11-17H2,1-4H3,(H,24,26)/t19-/m1/s1. The van der Waals surface area contributed by atoms with Gasteiger partial charge in [0.05, 0.1) is 44.8 Å². The molecule has 0 aromatic rings. The van der Waals surface area contributed by atoms with Gasteiger partial charge in [-0.3, -0.25) is 0 Å². The number of carbonyl (C=O) groups is 1. The number of amides is 1. The predicted octanol–water partition coefficient (Wildman–Crippen LogP) is 4.11. The Kier molecular flexibility index (Phi) is 13.5. The molecule has 1 amide bonds. The van der Waals surface area contributed by atoms with Crippen molar-refractivity contribution in [1.82, 2.24) is 5.32 Å². The fourth-order valence-corrected chi connectivity index (χ4v) is 2.93. The van der Waals surface area contributed by atoms with Crippen LogP contribution in [0.25, 0.3) is 0 Å². The number of nitrogens with one attached hydrogen (secondary N) is 1. The molecule has 1 aliphatic carbocycles. The zero-order valence-electron chi connectivity index (χ0n) is 19.2. The van der Waals surface area contributed by atoms with Crippen molar-refractivity contribution < 1.29 is 28.8 Å². The Bertz CT molecular complexity index is 538. The van der Waals surface area contributed by atoms with Crippen molar-refractivity contribution in [1.29, 1.82) is 0 Å². The van der Waals surface area contributed by atoms with E-state index in [-0.39, 0.29) is 12.6 Å².